The standard InChI is InChI=1S/C46H48N10O6/c1-53-25-23-37(55(53)43(57)39(51-45(59)61-3)33-11-7-5-8-12-33)41-47-27-35(49-41)31-19-15-29(16-20-31)30-17-21-32(22-18-30)36-28-48-42(50-36)38-24-26-54(2)56(38)44(58)40(52-46(60)62-4)34-13-9-6-10-14-34/h5-22,27-28,37-40H,23-26H2,1-4H3,(H,47,49)(H,48,50)(H,51,59)(H,52,60)/t37-,38-,39-,40-/m0/s1. The van der Waals surface area contributed by atoms with E-state index < -0.39 is 24.3 Å². The summed E-state index contributed by atoms with van der Waals surface area (Å²) < 4.78 is 9.68. The Bertz CT molecular complexity index is 2340. The third-order valence-electron chi connectivity index (χ3n) is 11.4. The van der Waals surface area contributed by atoms with Gasteiger partial charge in [-0.05, 0) is 46.2 Å². The zero-order chi connectivity index (χ0) is 43.3. The van der Waals surface area contributed by atoms with Gasteiger partial charge in [0.2, 0.25) is 0 Å². The van der Waals surface area contributed by atoms with Crippen molar-refractivity contribution in [3.63, 3.8) is 0 Å². The van der Waals surface area contributed by atoms with Crippen molar-refractivity contribution in [2.24, 2.45) is 0 Å². The fourth-order valence-corrected chi connectivity index (χ4v) is 8.18. The summed E-state index contributed by atoms with van der Waals surface area (Å²) in [6.45, 7) is 1.26. The van der Waals surface area contributed by atoms with Gasteiger partial charge in [0.15, 0.2) is 0 Å². The molecule has 0 radical (unpaired) electrons. The molecule has 4 atom stereocenters. The first kappa shape index (κ1) is 41.4. The van der Waals surface area contributed by atoms with Gasteiger partial charge in [0, 0.05) is 27.2 Å². The Kier molecular flexibility index (Phi) is 12.1. The number of rotatable bonds is 11. The molecule has 4 amide bonds. The van der Waals surface area contributed by atoms with Crippen LogP contribution in [0, 0.1) is 0 Å². The quantitative estimate of drug-likeness (QED) is 0.112. The molecule has 4 heterocycles. The maximum absolute atomic E-state index is 14.1. The summed E-state index contributed by atoms with van der Waals surface area (Å²) in [5, 5.41) is 12.4. The van der Waals surface area contributed by atoms with Crippen molar-refractivity contribution >= 4 is 24.0 Å². The van der Waals surface area contributed by atoms with Crippen LogP contribution in [0.1, 0.15) is 59.8 Å². The molecule has 2 saturated heterocycles. The molecule has 0 bridgehead atoms. The lowest BCUT2D eigenvalue weighted by molar-refractivity contribution is -0.149. The first-order chi connectivity index (χ1) is 30.1. The van der Waals surface area contributed by atoms with Crippen LogP contribution in [0.2, 0.25) is 0 Å². The zero-order valence-electron chi connectivity index (χ0n) is 34.8. The van der Waals surface area contributed by atoms with Gasteiger partial charge in [0.25, 0.3) is 11.8 Å². The van der Waals surface area contributed by atoms with E-state index in [1.807, 2.05) is 84.8 Å². The average molecular weight is 837 g/mol. The minimum absolute atomic E-state index is 0.295. The highest BCUT2D eigenvalue weighted by molar-refractivity contribution is 5.88. The van der Waals surface area contributed by atoms with E-state index in [-0.39, 0.29) is 23.9 Å². The van der Waals surface area contributed by atoms with Crippen LogP contribution in [0.3, 0.4) is 0 Å². The number of nitrogens with zero attached hydrogens (tertiary/aromatic N) is 6. The highest BCUT2D eigenvalue weighted by Crippen LogP contribution is 2.36. The second kappa shape index (κ2) is 18.1. The van der Waals surface area contributed by atoms with Crippen LogP contribution in [0.25, 0.3) is 33.6 Å². The third-order valence-corrected chi connectivity index (χ3v) is 11.4. The van der Waals surface area contributed by atoms with Crippen LogP contribution in [0.15, 0.2) is 122 Å². The first-order valence-corrected chi connectivity index (χ1v) is 20.3. The molecule has 16 heteroatoms. The van der Waals surface area contributed by atoms with Crippen LogP contribution >= 0.6 is 0 Å². The van der Waals surface area contributed by atoms with Gasteiger partial charge < -0.3 is 30.1 Å². The van der Waals surface area contributed by atoms with Crippen molar-refractivity contribution in [2.75, 3.05) is 41.4 Å². The van der Waals surface area contributed by atoms with Crippen LogP contribution < -0.4 is 10.6 Å². The highest BCUT2D eigenvalue weighted by Gasteiger charge is 2.42. The number of amides is 4. The summed E-state index contributed by atoms with van der Waals surface area (Å²) in [7, 11) is 6.24. The number of methoxy groups -OCH3 is 2. The average Bonchev–Trinajstić information content (AvgIpc) is 4.15. The molecule has 318 valence electrons. The van der Waals surface area contributed by atoms with E-state index in [1.165, 1.54) is 14.2 Å². The number of aromatic nitrogens is 4. The number of hydrazine groups is 2. The van der Waals surface area contributed by atoms with Crippen molar-refractivity contribution < 1.29 is 28.7 Å². The number of hydrogen-bond acceptors (Lipinski definition) is 10. The summed E-state index contributed by atoms with van der Waals surface area (Å²) in [6.07, 6.45) is 3.48. The molecule has 8 rings (SSSR count). The monoisotopic (exact) mass is 836 g/mol. The number of aromatic amines is 2. The Hall–Kier alpha value is -7.30. The number of ether oxygens (including phenoxy) is 2. The molecule has 4 aromatic carbocycles. The van der Waals surface area contributed by atoms with E-state index >= 15 is 0 Å². The molecule has 16 nitrogen and oxygen atoms in total. The molecule has 4 N–H and O–H groups in total. The number of benzene rings is 4. The molecule has 2 aromatic heterocycles. The minimum atomic E-state index is -0.944. The van der Waals surface area contributed by atoms with Crippen LogP contribution in [-0.2, 0) is 19.1 Å². The molecular weight excluding hydrogens is 789 g/mol. The smallest absolute Gasteiger partial charge is 0.407 e. The molecule has 0 aliphatic carbocycles. The largest absolute Gasteiger partial charge is 0.453 e. The lowest BCUT2D eigenvalue weighted by Gasteiger charge is -2.32. The third kappa shape index (κ3) is 8.50. The molecule has 2 aliphatic heterocycles. The Balaban J connectivity index is 0.946. The summed E-state index contributed by atoms with van der Waals surface area (Å²) in [6, 6.07) is 31.9. The Morgan fingerprint density at radius 1 is 0.565 bits per heavy atom. The SMILES string of the molecule is COC(=O)N[C@H](C(=O)N1[C@H](c2ncc(-c3ccc(-c4ccc(-c5cnc([C@@H]6CCN(C)N6C(=O)[C@@H](NC(=O)OC)c6ccccc6)[nH]5)cc4)cc3)[nH]2)CCN1C)c1ccccc1. The van der Waals surface area contributed by atoms with Crippen molar-refractivity contribution in [1.82, 2.24) is 50.6 Å². The lowest BCUT2D eigenvalue weighted by atomic mass is 10.0. The van der Waals surface area contributed by atoms with Crippen molar-refractivity contribution in [3.05, 3.63) is 144 Å². The van der Waals surface area contributed by atoms with E-state index in [1.54, 1.807) is 46.7 Å². The Morgan fingerprint density at radius 2 is 0.919 bits per heavy atom. The van der Waals surface area contributed by atoms with Crippen LogP contribution in [0.4, 0.5) is 9.59 Å². The van der Waals surface area contributed by atoms with E-state index in [0.29, 0.717) is 48.7 Å². The van der Waals surface area contributed by atoms with E-state index in [4.69, 9.17) is 19.4 Å². The summed E-state index contributed by atoms with van der Waals surface area (Å²) in [5.41, 5.74) is 6.86. The van der Waals surface area contributed by atoms with E-state index in [0.717, 1.165) is 33.6 Å². The normalized spacial score (nSPS) is 17.7. The maximum atomic E-state index is 14.1. The Morgan fingerprint density at radius 3 is 1.27 bits per heavy atom. The van der Waals surface area contributed by atoms with Gasteiger partial charge in [-0.15, -0.1) is 0 Å². The van der Waals surface area contributed by atoms with Gasteiger partial charge >= 0.3 is 12.2 Å². The fraction of sp³-hybridized carbons (Fsp3) is 0.261. The molecular formula is C46H48N10O6. The van der Waals surface area contributed by atoms with Gasteiger partial charge in [-0.25, -0.2) is 29.6 Å². The van der Waals surface area contributed by atoms with Crippen LogP contribution in [-0.4, -0.2) is 105 Å². The van der Waals surface area contributed by atoms with Gasteiger partial charge in [0.05, 0.1) is 38.0 Å². The van der Waals surface area contributed by atoms with E-state index in [2.05, 4.69) is 44.9 Å². The topological polar surface area (TPSA) is 181 Å². The molecule has 2 fully saturated rings. The lowest BCUT2D eigenvalue weighted by Crippen LogP contribution is -2.47. The highest BCUT2D eigenvalue weighted by atomic mass is 16.5. The molecule has 62 heavy (non-hydrogen) atoms. The van der Waals surface area contributed by atoms with Crippen LogP contribution in [0.5, 0.6) is 0 Å². The number of hydrogen-bond donors (Lipinski definition) is 4. The first-order valence-electron chi connectivity index (χ1n) is 20.3. The number of alkyl carbamates (subject to hydrolysis) is 2. The van der Waals surface area contributed by atoms with Gasteiger partial charge in [-0.3, -0.25) is 19.6 Å². The van der Waals surface area contributed by atoms with Gasteiger partial charge in [-0.2, -0.15) is 0 Å². The predicted molar refractivity (Wildman–Crippen MR) is 230 cm³/mol. The van der Waals surface area contributed by atoms with Crippen molar-refractivity contribution in [1.29, 1.82) is 0 Å². The molecule has 0 unspecified atom stereocenters. The van der Waals surface area contributed by atoms with E-state index in [9.17, 15) is 19.2 Å². The molecule has 0 saturated carbocycles. The molecule has 6 aromatic rings. The van der Waals surface area contributed by atoms with Crippen molar-refractivity contribution in [3.8, 4) is 33.6 Å². The predicted octanol–water partition coefficient (Wildman–Crippen LogP) is 6.57. The summed E-state index contributed by atoms with van der Waals surface area (Å²) in [4.78, 5) is 69.0. The second-order valence-electron chi connectivity index (χ2n) is 15.2. The number of imidazole rings is 2. The fourth-order valence-electron chi connectivity index (χ4n) is 8.18. The summed E-state index contributed by atoms with van der Waals surface area (Å²) >= 11 is 0. The summed E-state index contributed by atoms with van der Waals surface area (Å²) in [5.74, 6) is 0.708. The van der Waals surface area contributed by atoms with Crippen molar-refractivity contribution in [2.45, 2.75) is 37.0 Å². The number of H-pyrrole nitrogens is 2. The molecule has 2 aliphatic rings. The minimum Gasteiger partial charge on any atom is -0.453 e. The zero-order valence-corrected chi connectivity index (χ0v) is 34.8. The Labute approximate surface area is 358 Å². The number of carbonyl (C=O) groups excluding carboxylic acids is 4. The van der Waals surface area contributed by atoms with Gasteiger partial charge in [0.1, 0.15) is 35.8 Å². The second-order valence-corrected chi connectivity index (χ2v) is 15.2. The number of nitrogens with one attached hydrogen (secondary N) is 4. The van der Waals surface area contributed by atoms with Gasteiger partial charge in [-0.1, -0.05) is 109 Å². The maximum Gasteiger partial charge on any atom is 0.407 e. The molecule has 0 spiro atoms. The number of carbonyl (C=O) groups is 4.